The molecule has 1 aliphatic rings. The number of aromatic nitrogens is 2. The van der Waals surface area contributed by atoms with E-state index in [4.69, 9.17) is 23.4 Å². The van der Waals surface area contributed by atoms with Gasteiger partial charge in [0.05, 0.1) is 24.6 Å². The molecule has 1 aromatic rings. The first-order chi connectivity index (χ1) is 22.2. The predicted octanol–water partition coefficient (Wildman–Crippen LogP) is 4.93. The van der Waals surface area contributed by atoms with Gasteiger partial charge in [0.25, 0.3) is 0 Å². The van der Waals surface area contributed by atoms with E-state index in [-0.39, 0.29) is 42.8 Å². The van der Waals surface area contributed by atoms with Crippen LogP contribution >= 0.6 is 21.6 Å². The number of ether oxygens (including phenoxy) is 4. The molecule has 0 radical (unpaired) electrons. The molecule has 0 spiro atoms. The highest BCUT2D eigenvalue weighted by Crippen LogP contribution is 2.38. The average Bonchev–Trinajstić information content (AvgIpc) is 3.38. The first-order valence-electron chi connectivity index (χ1n) is 15.1. The summed E-state index contributed by atoms with van der Waals surface area (Å²) in [4.78, 5) is 34.5. The van der Waals surface area contributed by atoms with Gasteiger partial charge in [-0.05, 0) is 32.0 Å². The van der Waals surface area contributed by atoms with Crippen molar-refractivity contribution in [2.75, 3.05) is 53.7 Å². The molecule has 0 aromatic carbocycles. The molecule has 1 aromatic heterocycles. The number of amides is 1. The van der Waals surface area contributed by atoms with Crippen LogP contribution in [0.5, 0.6) is 0 Å². The van der Waals surface area contributed by atoms with Gasteiger partial charge in [-0.1, -0.05) is 54.2 Å². The lowest BCUT2D eigenvalue weighted by Gasteiger charge is -2.37. The molecule has 2 rings (SSSR count). The summed E-state index contributed by atoms with van der Waals surface area (Å²) in [6, 6.07) is 0. The van der Waals surface area contributed by atoms with Crippen LogP contribution in [0.1, 0.15) is 52.8 Å². The minimum absolute atomic E-state index is 0.00177. The quantitative estimate of drug-likeness (QED) is 0.0472. The van der Waals surface area contributed by atoms with Gasteiger partial charge in [-0.3, -0.25) is 9.36 Å². The molecule has 1 saturated heterocycles. The summed E-state index contributed by atoms with van der Waals surface area (Å²) in [5.41, 5.74) is -0.189. The molecule has 1 amide bonds. The van der Waals surface area contributed by atoms with Gasteiger partial charge in [-0.15, -0.1) is 0 Å². The molecule has 48 heavy (non-hydrogen) atoms. The maximum absolute atomic E-state index is 13.2. The number of nitrogens with one attached hydrogen (secondary N) is 1. The minimum atomic E-state index is -4.93. The van der Waals surface area contributed by atoms with E-state index in [2.05, 4.69) is 55.7 Å². The molecule has 0 bridgehead atoms. The van der Waals surface area contributed by atoms with Crippen molar-refractivity contribution < 1.29 is 41.3 Å². The molecule has 272 valence electrons. The molecule has 1 fully saturated rings. The van der Waals surface area contributed by atoms with Crippen LogP contribution in [0.3, 0.4) is 0 Å². The minimum Gasteiger partial charge on any atom is -0.414 e. The van der Waals surface area contributed by atoms with Gasteiger partial charge in [0.15, 0.2) is 14.1 Å². The van der Waals surface area contributed by atoms with Crippen molar-refractivity contribution in [3.63, 3.8) is 0 Å². The van der Waals surface area contributed by atoms with Crippen molar-refractivity contribution >= 4 is 48.0 Å². The third-order valence-electron chi connectivity index (χ3n) is 7.39. The second kappa shape index (κ2) is 18.2. The maximum Gasteiger partial charge on any atom is 0.471 e. The molecule has 0 saturated carbocycles. The van der Waals surface area contributed by atoms with Crippen molar-refractivity contribution in [3.05, 3.63) is 22.2 Å². The van der Waals surface area contributed by atoms with Crippen molar-refractivity contribution in [3.8, 4) is 11.8 Å². The Morgan fingerprint density at radius 2 is 1.96 bits per heavy atom. The average molecular weight is 740 g/mol. The van der Waals surface area contributed by atoms with Crippen LogP contribution in [0, 0.1) is 11.8 Å². The van der Waals surface area contributed by atoms with E-state index in [1.54, 1.807) is 39.0 Å². The van der Waals surface area contributed by atoms with Crippen LogP contribution in [0.25, 0.3) is 0 Å². The number of halogens is 3. The van der Waals surface area contributed by atoms with Gasteiger partial charge >= 0.3 is 17.8 Å². The molecular weight excluding hydrogens is 692 g/mol. The summed E-state index contributed by atoms with van der Waals surface area (Å²) in [7, 11) is 5.57. The third-order valence-corrected chi connectivity index (χ3v) is 14.9. The second-order valence-electron chi connectivity index (χ2n) is 13.3. The number of aliphatic imine (C=N–C) groups is 1. The lowest BCUT2D eigenvalue weighted by molar-refractivity contribution is -0.173. The number of carbonyl (C=O) groups is 1. The lowest BCUT2D eigenvalue weighted by atomic mass is 10.2. The van der Waals surface area contributed by atoms with Crippen molar-refractivity contribution in [1.82, 2.24) is 19.8 Å². The van der Waals surface area contributed by atoms with Crippen LogP contribution in [0.4, 0.5) is 19.0 Å². The van der Waals surface area contributed by atoms with Crippen LogP contribution in [0.2, 0.25) is 18.1 Å². The maximum atomic E-state index is 13.2. The van der Waals surface area contributed by atoms with E-state index in [9.17, 15) is 22.8 Å². The van der Waals surface area contributed by atoms with E-state index in [0.29, 0.717) is 18.6 Å². The number of methoxy groups -OCH3 is 1. The van der Waals surface area contributed by atoms with Gasteiger partial charge in [0, 0.05) is 45.1 Å². The first kappa shape index (κ1) is 42.1. The number of rotatable bonds is 16. The Kier molecular flexibility index (Phi) is 16.0. The summed E-state index contributed by atoms with van der Waals surface area (Å²) in [5, 5.41) is 1.89. The normalized spacial score (nSPS) is 19.0. The summed E-state index contributed by atoms with van der Waals surface area (Å²) < 4.78 is 67.4. The van der Waals surface area contributed by atoms with E-state index < -0.39 is 43.2 Å². The Morgan fingerprint density at radius 3 is 2.56 bits per heavy atom. The predicted molar refractivity (Wildman–Crippen MR) is 185 cm³/mol. The topological polar surface area (TPSA) is 126 Å². The molecule has 1 aliphatic heterocycles. The summed E-state index contributed by atoms with van der Waals surface area (Å²) in [6.45, 7) is 14.4. The smallest absolute Gasteiger partial charge is 0.414 e. The van der Waals surface area contributed by atoms with E-state index >= 15 is 0 Å². The monoisotopic (exact) mass is 739 g/mol. The van der Waals surface area contributed by atoms with Gasteiger partial charge in [-0.25, -0.2) is 9.79 Å². The first-order valence-corrected chi connectivity index (χ1v) is 20.4. The zero-order valence-electron chi connectivity index (χ0n) is 29.2. The molecule has 0 aliphatic carbocycles. The Bertz CT molecular complexity index is 1360. The van der Waals surface area contributed by atoms with Gasteiger partial charge in [0.2, 0.25) is 0 Å². The SMILES string of the molecule is COCOC1C[C@H](n2cc(C#CCOCSSC(C)(C)CNC(=O)C(F)(F)F)c(/N=C/N(C)C)nc2=O)O[C@@H]1CO[Si](C)(C)C(C)(C)C. The van der Waals surface area contributed by atoms with Gasteiger partial charge < -0.3 is 33.6 Å². The van der Waals surface area contributed by atoms with Gasteiger partial charge in [0.1, 0.15) is 31.7 Å². The fraction of sp³-hybridized carbons (Fsp3) is 0.733. The molecule has 2 heterocycles. The Labute approximate surface area is 289 Å². The molecule has 12 nitrogen and oxygen atoms in total. The summed E-state index contributed by atoms with van der Waals surface area (Å²) in [6.07, 6.45) is -3.02. The second-order valence-corrected chi connectivity index (χ2v) is 21.1. The number of alkyl halides is 3. The number of hydrogen-bond acceptors (Lipinski definition) is 11. The molecular formula is C30H48F3N5O7S2Si. The highest BCUT2D eigenvalue weighted by atomic mass is 33.1. The van der Waals surface area contributed by atoms with Crippen molar-refractivity contribution in [2.24, 2.45) is 4.99 Å². The molecule has 18 heteroatoms. The molecule has 1 unspecified atom stereocenters. The summed E-state index contributed by atoms with van der Waals surface area (Å²) >= 11 is 0. The third kappa shape index (κ3) is 13.7. The zero-order chi connectivity index (χ0) is 36.3. The van der Waals surface area contributed by atoms with Crippen LogP contribution in [-0.4, -0.2) is 112 Å². The van der Waals surface area contributed by atoms with Crippen LogP contribution in [-0.2, 0) is 28.2 Å². The Hall–Kier alpha value is -2.11. The highest BCUT2D eigenvalue weighted by molar-refractivity contribution is 8.77. The van der Waals surface area contributed by atoms with E-state index in [1.165, 1.54) is 39.6 Å². The Morgan fingerprint density at radius 1 is 1.27 bits per heavy atom. The fourth-order valence-electron chi connectivity index (χ4n) is 3.75. The van der Waals surface area contributed by atoms with E-state index in [0.717, 1.165) is 0 Å². The van der Waals surface area contributed by atoms with Crippen LogP contribution in [0.15, 0.2) is 16.0 Å². The highest BCUT2D eigenvalue weighted by Gasteiger charge is 2.42. The zero-order valence-corrected chi connectivity index (χ0v) is 31.9. The number of carbonyl (C=O) groups excluding carboxylic acids is 1. The van der Waals surface area contributed by atoms with Gasteiger partial charge in [-0.2, -0.15) is 18.2 Å². The van der Waals surface area contributed by atoms with E-state index in [1.807, 2.05) is 5.32 Å². The standard InChI is InChI=1S/C30H48F3N5O7S2Si/c1-28(2,3)48(9,10)44-16-23-22(43-19-41-8)14-24(45-23)38-15-21(25(36-27(38)40)35-18-37(6)7)12-11-13-42-20-46-47-29(4,5)17-34-26(39)30(31,32)33/h15,18,22-24H,13-14,16-17,19-20H2,1-10H3,(H,34,39)/b35-18+/t22?,23-,24-/m1/s1. The Balaban J connectivity index is 2.15. The number of nitrogens with zero attached hydrogens (tertiary/aromatic N) is 4. The lowest BCUT2D eigenvalue weighted by Crippen LogP contribution is -2.44. The fourth-order valence-corrected chi connectivity index (χ4v) is 6.89. The summed E-state index contributed by atoms with van der Waals surface area (Å²) in [5.74, 6) is 4.22. The van der Waals surface area contributed by atoms with Crippen LogP contribution < -0.4 is 11.0 Å². The molecule has 3 atom stereocenters. The number of hydrogen-bond donors (Lipinski definition) is 1. The van der Waals surface area contributed by atoms with Crippen molar-refractivity contribution in [2.45, 2.75) is 88.5 Å². The molecule has 1 N–H and O–H groups in total. The van der Waals surface area contributed by atoms with Crippen molar-refractivity contribution in [1.29, 1.82) is 0 Å². The largest absolute Gasteiger partial charge is 0.471 e.